The van der Waals surface area contributed by atoms with E-state index in [1.165, 1.54) is 0 Å². The van der Waals surface area contributed by atoms with Crippen molar-refractivity contribution in [3.05, 3.63) is 33.5 Å². The molecule has 3 aromatic rings. The van der Waals surface area contributed by atoms with Gasteiger partial charge in [0.05, 0.1) is 12.7 Å². The highest BCUT2D eigenvalue weighted by Crippen LogP contribution is 2.20. The number of rotatable bonds is 3. The number of nitrogens with zero attached hydrogens (tertiary/aromatic N) is 5. The molecule has 0 saturated heterocycles. The molecular formula is C12H14N6S. The first kappa shape index (κ1) is 12.0. The Bertz CT molecular complexity index is 729. The molecule has 6 nitrogen and oxygen atoms in total. The second kappa shape index (κ2) is 4.58. The Hall–Kier alpha value is -2.02. The molecule has 0 bridgehead atoms. The molecule has 0 radical (unpaired) electrons. The van der Waals surface area contributed by atoms with Crippen LogP contribution in [0.5, 0.6) is 0 Å². The second-order valence-corrected chi connectivity index (χ2v) is 5.61. The Morgan fingerprint density at radius 1 is 1.26 bits per heavy atom. The van der Waals surface area contributed by atoms with E-state index in [1.54, 1.807) is 17.5 Å². The van der Waals surface area contributed by atoms with Crippen LogP contribution in [0.4, 0.5) is 5.82 Å². The zero-order valence-electron chi connectivity index (χ0n) is 11.0. The van der Waals surface area contributed by atoms with Gasteiger partial charge in [0.2, 0.25) is 0 Å². The summed E-state index contributed by atoms with van der Waals surface area (Å²) in [5, 5.41) is 17.7. The predicted octanol–water partition coefficient (Wildman–Crippen LogP) is 2.12. The monoisotopic (exact) mass is 274 g/mol. The van der Waals surface area contributed by atoms with Gasteiger partial charge in [0, 0.05) is 17.3 Å². The van der Waals surface area contributed by atoms with Crippen molar-refractivity contribution in [3.8, 4) is 0 Å². The maximum absolute atomic E-state index is 4.49. The zero-order valence-corrected chi connectivity index (χ0v) is 11.8. The summed E-state index contributed by atoms with van der Waals surface area (Å²) in [5.41, 5.74) is 2.94. The lowest BCUT2D eigenvalue weighted by molar-refractivity contribution is 0.893. The number of hydrogen-bond acceptors (Lipinski definition) is 6. The van der Waals surface area contributed by atoms with Crippen LogP contribution < -0.4 is 5.32 Å². The van der Waals surface area contributed by atoms with Crippen LogP contribution in [0.25, 0.3) is 5.65 Å². The quantitative estimate of drug-likeness (QED) is 0.792. The summed E-state index contributed by atoms with van der Waals surface area (Å²) < 4.78 is 1.82. The molecule has 0 aliphatic carbocycles. The van der Waals surface area contributed by atoms with E-state index in [1.807, 2.05) is 31.4 Å². The Balaban J connectivity index is 1.95. The number of anilines is 1. The summed E-state index contributed by atoms with van der Waals surface area (Å²) in [6.45, 7) is 6.64. The van der Waals surface area contributed by atoms with Crippen LogP contribution in [-0.4, -0.2) is 24.8 Å². The van der Waals surface area contributed by atoms with Crippen LogP contribution in [0.1, 0.15) is 21.3 Å². The van der Waals surface area contributed by atoms with Crippen molar-refractivity contribution in [1.29, 1.82) is 0 Å². The average molecular weight is 274 g/mol. The van der Waals surface area contributed by atoms with Gasteiger partial charge in [0.15, 0.2) is 5.65 Å². The summed E-state index contributed by atoms with van der Waals surface area (Å²) in [5.74, 6) is 0.959. The Morgan fingerprint density at radius 2 is 2.11 bits per heavy atom. The average Bonchev–Trinajstić information content (AvgIpc) is 2.99. The van der Waals surface area contributed by atoms with E-state index in [9.17, 15) is 0 Å². The maximum Gasteiger partial charge on any atom is 0.157 e. The Labute approximate surface area is 114 Å². The minimum atomic E-state index is 0.644. The zero-order chi connectivity index (χ0) is 13.4. The summed E-state index contributed by atoms with van der Waals surface area (Å²) >= 11 is 1.59. The predicted molar refractivity (Wildman–Crippen MR) is 74.4 cm³/mol. The lowest BCUT2D eigenvalue weighted by Gasteiger charge is -2.11. The van der Waals surface area contributed by atoms with E-state index in [-0.39, 0.29) is 0 Å². The smallest absolute Gasteiger partial charge is 0.157 e. The third-order valence-corrected chi connectivity index (χ3v) is 3.83. The van der Waals surface area contributed by atoms with Crippen molar-refractivity contribution < 1.29 is 0 Å². The van der Waals surface area contributed by atoms with Gasteiger partial charge >= 0.3 is 0 Å². The van der Waals surface area contributed by atoms with Gasteiger partial charge in [-0.2, -0.15) is 9.61 Å². The molecule has 0 spiro atoms. The summed E-state index contributed by atoms with van der Waals surface area (Å²) in [6, 6.07) is 1.90. The minimum Gasteiger partial charge on any atom is -0.363 e. The normalized spacial score (nSPS) is 11.1. The van der Waals surface area contributed by atoms with Gasteiger partial charge in [0.1, 0.15) is 15.8 Å². The molecule has 0 amide bonds. The summed E-state index contributed by atoms with van der Waals surface area (Å²) in [4.78, 5) is 4.49. The number of fused-ring (bicyclic) bond motifs is 1. The van der Waals surface area contributed by atoms with E-state index < -0.39 is 0 Å². The van der Waals surface area contributed by atoms with Gasteiger partial charge in [-0.15, -0.1) is 10.2 Å². The largest absolute Gasteiger partial charge is 0.363 e. The Morgan fingerprint density at radius 3 is 2.84 bits per heavy atom. The van der Waals surface area contributed by atoms with E-state index in [0.717, 1.165) is 32.7 Å². The van der Waals surface area contributed by atoms with Gasteiger partial charge in [-0.1, -0.05) is 11.3 Å². The highest BCUT2D eigenvalue weighted by molar-refractivity contribution is 7.11. The molecule has 1 N–H and O–H groups in total. The third-order valence-electron chi connectivity index (χ3n) is 2.99. The maximum atomic E-state index is 4.49. The fourth-order valence-electron chi connectivity index (χ4n) is 1.91. The lowest BCUT2D eigenvalue weighted by atomic mass is 10.2. The molecule has 19 heavy (non-hydrogen) atoms. The van der Waals surface area contributed by atoms with Gasteiger partial charge in [-0.05, 0) is 20.8 Å². The molecule has 3 aromatic heterocycles. The lowest BCUT2D eigenvalue weighted by Crippen LogP contribution is -2.09. The van der Waals surface area contributed by atoms with Crippen LogP contribution in [-0.2, 0) is 6.54 Å². The molecule has 7 heteroatoms. The number of aromatic nitrogens is 5. The topological polar surface area (TPSA) is 68.0 Å². The minimum absolute atomic E-state index is 0.644. The third kappa shape index (κ3) is 2.17. The number of hydrogen-bond donors (Lipinski definition) is 1. The van der Waals surface area contributed by atoms with Crippen LogP contribution in [0.3, 0.4) is 0 Å². The van der Waals surface area contributed by atoms with Crippen LogP contribution in [0, 0.1) is 20.8 Å². The van der Waals surface area contributed by atoms with E-state index in [4.69, 9.17) is 0 Å². The first-order valence-corrected chi connectivity index (χ1v) is 6.80. The van der Waals surface area contributed by atoms with Crippen LogP contribution in [0.2, 0.25) is 0 Å². The molecular weight excluding hydrogens is 260 g/mol. The highest BCUT2D eigenvalue weighted by atomic mass is 32.1. The highest BCUT2D eigenvalue weighted by Gasteiger charge is 2.10. The Kier molecular flexibility index (Phi) is 2.90. The first-order valence-electron chi connectivity index (χ1n) is 5.99. The molecule has 3 heterocycles. The fourth-order valence-corrected chi connectivity index (χ4v) is 2.56. The van der Waals surface area contributed by atoms with Gasteiger partial charge in [0.25, 0.3) is 0 Å². The van der Waals surface area contributed by atoms with E-state index in [2.05, 4.69) is 25.6 Å². The number of nitrogens with one attached hydrogen (secondary N) is 1. The van der Waals surface area contributed by atoms with Crippen molar-refractivity contribution in [2.75, 3.05) is 5.32 Å². The SMILES string of the molecule is Cc1nnc(CNc2c(C)c(C)nc3ccnn23)s1. The molecule has 0 aromatic carbocycles. The molecule has 98 valence electrons. The van der Waals surface area contributed by atoms with Gasteiger partial charge in [-0.25, -0.2) is 4.98 Å². The van der Waals surface area contributed by atoms with E-state index >= 15 is 0 Å². The molecule has 0 aliphatic heterocycles. The molecule has 0 unspecified atom stereocenters. The van der Waals surface area contributed by atoms with Crippen molar-refractivity contribution in [2.24, 2.45) is 0 Å². The molecule has 0 saturated carbocycles. The van der Waals surface area contributed by atoms with E-state index in [0.29, 0.717) is 6.54 Å². The summed E-state index contributed by atoms with van der Waals surface area (Å²) in [6.07, 6.45) is 1.75. The van der Waals surface area contributed by atoms with Crippen LogP contribution in [0.15, 0.2) is 12.3 Å². The number of aryl methyl sites for hydroxylation is 2. The molecule has 0 fully saturated rings. The van der Waals surface area contributed by atoms with Crippen molar-refractivity contribution in [2.45, 2.75) is 27.3 Å². The fraction of sp³-hybridized carbons (Fsp3) is 0.333. The summed E-state index contributed by atoms with van der Waals surface area (Å²) in [7, 11) is 0. The van der Waals surface area contributed by atoms with Gasteiger partial charge in [-0.3, -0.25) is 0 Å². The van der Waals surface area contributed by atoms with Crippen LogP contribution >= 0.6 is 11.3 Å². The second-order valence-electron chi connectivity index (χ2n) is 4.34. The van der Waals surface area contributed by atoms with Gasteiger partial charge < -0.3 is 5.32 Å². The first-order chi connectivity index (χ1) is 9.15. The molecule has 0 aliphatic rings. The molecule has 0 atom stereocenters. The molecule has 3 rings (SSSR count). The van der Waals surface area contributed by atoms with Crippen molar-refractivity contribution >= 4 is 22.8 Å². The van der Waals surface area contributed by atoms with Crippen molar-refractivity contribution in [1.82, 2.24) is 24.8 Å². The van der Waals surface area contributed by atoms with Crippen molar-refractivity contribution in [3.63, 3.8) is 0 Å². The standard InChI is InChI=1S/C12H14N6S/c1-7-8(2)15-10-4-5-14-18(10)12(7)13-6-11-17-16-9(3)19-11/h4-5,13H,6H2,1-3H3.